The van der Waals surface area contributed by atoms with Gasteiger partial charge in [-0.05, 0) is 36.1 Å². The molecule has 1 N–H and O–H groups in total. The molecule has 7 heteroatoms. The zero-order valence-corrected chi connectivity index (χ0v) is 16.2. The Balaban J connectivity index is 1.32. The van der Waals surface area contributed by atoms with Crippen molar-refractivity contribution in [2.45, 2.75) is 32.0 Å². The molecule has 0 aliphatic carbocycles. The van der Waals surface area contributed by atoms with Crippen molar-refractivity contribution < 1.29 is 14.3 Å². The third kappa shape index (κ3) is 5.20. The average molecular weight is 392 g/mol. The first kappa shape index (κ1) is 19.1. The monoisotopic (exact) mass is 392 g/mol. The predicted octanol–water partition coefficient (Wildman–Crippen LogP) is 2.81. The molecule has 1 unspecified atom stereocenters. The Kier molecular flexibility index (Phi) is 6.16. The first-order chi connectivity index (χ1) is 14.3. The fraction of sp³-hybridized carbons (Fsp3) is 0.318. The molecule has 1 aliphatic heterocycles. The lowest BCUT2D eigenvalue weighted by molar-refractivity contribution is 0.0670. The highest BCUT2D eigenvalue weighted by molar-refractivity contribution is 5.96. The molecule has 1 aromatic heterocycles. The van der Waals surface area contributed by atoms with Gasteiger partial charge in [-0.3, -0.25) is 4.79 Å². The second-order valence-corrected chi connectivity index (χ2v) is 7.03. The van der Waals surface area contributed by atoms with E-state index >= 15 is 0 Å². The van der Waals surface area contributed by atoms with Crippen LogP contribution in [0.25, 0.3) is 0 Å². The molecule has 1 saturated heterocycles. The van der Waals surface area contributed by atoms with E-state index in [1.165, 1.54) is 6.33 Å². The van der Waals surface area contributed by atoms with E-state index in [-0.39, 0.29) is 12.0 Å². The summed E-state index contributed by atoms with van der Waals surface area (Å²) in [5, 5.41) is 7.08. The molecule has 0 radical (unpaired) electrons. The molecular weight excluding hydrogens is 368 g/mol. The number of nitrogens with one attached hydrogen (secondary N) is 1. The molecule has 3 aromatic rings. The number of benzene rings is 2. The zero-order chi connectivity index (χ0) is 19.9. The molecule has 4 rings (SSSR count). The number of aromatic nitrogens is 3. The van der Waals surface area contributed by atoms with E-state index in [1.807, 2.05) is 42.5 Å². The molecule has 1 amide bonds. The van der Waals surface area contributed by atoms with Crippen LogP contribution in [0.5, 0.6) is 5.75 Å². The molecule has 150 valence electrons. The van der Waals surface area contributed by atoms with Crippen LogP contribution in [0, 0.1) is 0 Å². The molecule has 7 nitrogen and oxygen atoms in total. The molecule has 0 bridgehead atoms. The quantitative estimate of drug-likeness (QED) is 0.638. The van der Waals surface area contributed by atoms with Gasteiger partial charge in [0.1, 0.15) is 25.0 Å². The molecule has 2 heterocycles. The summed E-state index contributed by atoms with van der Waals surface area (Å²) in [7, 11) is 0. The summed E-state index contributed by atoms with van der Waals surface area (Å²) in [4.78, 5) is 16.6. The number of carbonyl (C=O) groups excluding carboxylic acids is 1. The Morgan fingerprint density at radius 3 is 2.76 bits per heavy atom. The molecule has 1 atom stereocenters. The first-order valence-corrected chi connectivity index (χ1v) is 9.80. The van der Waals surface area contributed by atoms with Gasteiger partial charge >= 0.3 is 0 Å². The molecule has 1 aliphatic rings. The van der Waals surface area contributed by atoms with Gasteiger partial charge in [0.15, 0.2) is 0 Å². The molecule has 0 spiro atoms. The standard InChI is InChI=1S/C22H24N4O3/c27-22(20-5-1-2-6-21(20)29-14-19-4-3-11-28-19)24-12-17-7-9-18(10-8-17)13-26-16-23-15-25-26/h1-2,5-10,15-16,19H,3-4,11-14H2,(H,24,27). The Bertz CT molecular complexity index is 919. The normalized spacial score (nSPS) is 15.9. The SMILES string of the molecule is O=C(NCc1ccc(Cn2cncn2)cc1)c1ccccc1OCC1CCCO1. The van der Waals surface area contributed by atoms with Gasteiger partial charge < -0.3 is 14.8 Å². The van der Waals surface area contributed by atoms with Crippen molar-refractivity contribution in [2.24, 2.45) is 0 Å². The molecule has 29 heavy (non-hydrogen) atoms. The van der Waals surface area contributed by atoms with Crippen molar-refractivity contribution in [3.05, 3.63) is 77.9 Å². The van der Waals surface area contributed by atoms with Gasteiger partial charge in [0.25, 0.3) is 5.91 Å². The number of hydrogen-bond acceptors (Lipinski definition) is 5. The van der Waals surface area contributed by atoms with Crippen LogP contribution in [-0.2, 0) is 17.8 Å². The van der Waals surface area contributed by atoms with Crippen LogP contribution in [-0.4, -0.2) is 40.0 Å². The number of rotatable bonds is 8. The van der Waals surface area contributed by atoms with E-state index in [1.54, 1.807) is 17.1 Å². The van der Waals surface area contributed by atoms with Crippen LogP contribution in [0.1, 0.15) is 34.3 Å². The van der Waals surface area contributed by atoms with E-state index in [0.717, 1.165) is 30.6 Å². The topological polar surface area (TPSA) is 78.3 Å². The average Bonchev–Trinajstić information content (AvgIpc) is 3.46. The fourth-order valence-corrected chi connectivity index (χ4v) is 3.28. The summed E-state index contributed by atoms with van der Waals surface area (Å²) in [6.45, 7) is 2.37. The molecular formula is C22H24N4O3. The van der Waals surface area contributed by atoms with Gasteiger partial charge in [-0.15, -0.1) is 0 Å². The maximum atomic E-state index is 12.7. The third-order valence-electron chi connectivity index (χ3n) is 4.87. The van der Waals surface area contributed by atoms with E-state index in [0.29, 0.717) is 31.0 Å². The van der Waals surface area contributed by atoms with Crippen LogP contribution in [0.15, 0.2) is 61.2 Å². The molecule has 1 fully saturated rings. The Morgan fingerprint density at radius 2 is 2.00 bits per heavy atom. The van der Waals surface area contributed by atoms with E-state index in [2.05, 4.69) is 15.4 Å². The minimum atomic E-state index is -0.153. The fourth-order valence-electron chi connectivity index (χ4n) is 3.28. The van der Waals surface area contributed by atoms with Crippen molar-refractivity contribution in [1.82, 2.24) is 20.1 Å². The smallest absolute Gasteiger partial charge is 0.255 e. The lowest BCUT2D eigenvalue weighted by Gasteiger charge is -2.14. The minimum absolute atomic E-state index is 0.113. The number of carbonyl (C=O) groups is 1. The van der Waals surface area contributed by atoms with Crippen LogP contribution in [0.2, 0.25) is 0 Å². The van der Waals surface area contributed by atoms with Gasteiger partial charge in [-0.25, -0.2) is 9.67 Å². The predicted molar refractivity (Wildman–Crippen MR) is 108 cm³/mol. The van der Waals surface area contributed by atoms with Gasteiger partial charge in [0.2, 0.25) is 0 Å². The first-order valence-electron chi connectivity index (χ1n) is 9.80. The summed E-state index contributed by atoms with van der Waals surface area (Å²) in [5.41, 5.74) is 2.69. The largest absolute Gasteiger partial charge is 0.490 e. The minimum Gasteiger partial charge on any atom is -0.490 e. The second kappa shape index (κ2) is 9.34. The van der Waals surface area contributed by atoms with Crippen LogP contribution < -0.4 is 10.1 Å². The number of hydrogen-bond donors (Lipinski definition) is 1. The third-order valence-corrected chi connectivity index (χ3v) is 4.87. The zero-order valence-electron chi connectivity index (χ0n) is 16.2. The summed E-state index contributed by atoms with van der Waals surface area (Å²) in [6, 6.07) is 15.4. The Labute approximate surface area is 169 Å². The van der Waals surface area contributed by atoms with E-state index < -0.39 is 0 Å². The second-order valence-electron chi connectivity index (χ2n) is 7.03. The summed E-state index contributed by atoms with van der Waals surface area (Å²) >= 11 is 0. The summed E-state index contributed by atoms with van der Waals surface area (Å²) < 4.78 is 13.2. The highest BCUT2D eigenvalue weighted by Crippen LogP contribution is 2.20. The van der Waals surface area contributed by atoms with Gasteiger partial charge in [-0.1, -0.05) is 36.4 Å². The lowest BCUT2D eigenvalue weighted by Crippen LogP contribution is -2.24. The Hall–Kier alpha value is -3.19. The van der Waals surface area contributed by atoms with Crippen LogP contribution in [0.4, 0.5) is 0 Å². The number of amides is 1. The number of nitrogens with zero attached hydrogens (tertiary/aromatic N) is 3. The summed E-state index contributed by atoms with van der Waals surface area (Å²) in [6.07, 6.45) is 5.38. The van der Waals surface area contributed by atoms with E-state index in [4.69, 9.17) is 9.47 Å². The maximum Gasteiger partial charge on any atom is 0.255 e. The molecule has 0 saturated carbocycles. The maximum absolute atomic E-state index is 12.7. The van der Waals surface area contributed by atoms with Crippen molar-refractivity contribution in [1.29, 1.82) is 0 Å². The number of para-hydroxylation sites is 1. The van der Waals surface area contributed by atoms with Gasteiger partial charge in [0.05, 0.1) is 18.2 Å². The highest BCUT2D eigenvalue weighted by Gasteiger charge is 2.18. The van der Waals surface area contributed by atoms with Crippen molar-refractivity contribution in [2.75, 3.05) is 13.2 Å². The van der Waals surface area contributed by atoms with E-state index in [9.17, 15) is 4.79 Å². The lowest BCUT2D eigenvalue weighted by atomic mass is 10.1. The van der Waals surface area contributed by atoms with Gasteiger partial charge in [0, 0.05) is 13.2 Å². The van der Waals surface area contributed by atoms with Crippen LogP contribution in [0.3, 0.4) is 0 Å². The van der Waals surface area contributed by atoms with Crippen molar-refractivity contribution in [3.63, 3.8) is 0 Å². The number of ether oxygens (including phenoxy) is 2. The highest BCUT2D eigenvalue weighted by atomic mass is 16.5. The van der Waals surface area contributed by atoms with Crippen molar-refractivity contribution >= 4 is 5.91 Å². The van der Waals surface area contributed by atoms with Crippen molar-refractivity contribution in [3.8, 4) is 5.75 Å². The summed E-state index contributed by atoms with van der Waals surface area (Å²) in [5.74, 6) is 0.434. The molecule has 2 aromatic carbocycles. The van der Waals surface area contributed by atoms with Crippen LogP contribution >= 0.6 is 0 Å². The Morgan fingerprint density at radius 1 is 1.17 bits per heavy atom. The van der Waals surface area contributed by atoms with Gasteiger partial charge in [-0.2, -0.15) is 5.10 Å².